The highest BCUT2D eigenvalue weighted by Crippen LogP contribution is 2.22. The minimum atomic E-state index is 0.242. The molecule has 1 aliphatic heterocycles. The van der Waals surface area contributed by atoms with Crippen LogP contribution >= 0.6 is 0 Å². The number of nitrogens with zero attached hydrogens (tertiary/aromatic N) is 2. The zero-order chi connectivity index (χ0) is 12.8. The Balaban J connectivity index is 2.59. The predicted octanol–water partition coefficient (Wildman–Crippen LogP) is 0.914. The number of amides is 1. The van der Waals surface area contributed by atoms with Crippen molar-refractivity contribution in [1.82, 2.24) is 9.80 Å². The average molecular weight is 241 g/mol. The molecule has 1 saturated heterocycles. The van der Waals surface area contributed by atoms with E-state index in [1.807, 2.05) is 4.90 Å². The van der Waals surface area contributed by atoms with Crippen LogP contribution < -0.4 is 5.73 Å². The number of hydrogen-bond donors (Lipinski definition) is 1. The van der Waals surface area contributed by atoms with E-state index >= 15 is 0 Å². The molecule has 2 atom stereocenters. The van der Waals surface area contributed by atoms with Crippen LogP contribution in [0.2, 0.25) is 0 Å². The van der Waals surface area contributed by atoms with Crippen molar-refractivity contribution in [2.45, 2.75) is 39.7 Å². The van der Waals surface area contributed by atoms with Crippen molar-refractivity contribution in [3.05, 3.63) is 0 Å². The minimum absolute atomic E-state index is 0.242. The molecule has 0 spiro atoms. The highest BCUT2D eigenvalue weighted by molar-refractivity contribution is 5.78. The van der Waals surface area contributed by atoms with Gasteiger partial charge in [-0.05, 0) is 31.8 Å². The maximum Gasteiger partial charge on any atom is 0.237 e. The Labute approximate surface area is 105 Å². The summed E-state index contributed by atoms with van der Waals surface area (Å²) >= 11 is 0. The fourth-order valence-electron chi connectivity index (χ4n) is 2.65. The van der Waals surface area contributed by atoms with Gasteiger partial charge in [0.15, 0.2) is 0 Å². The van der Waals surface area contributed by atoms with Crippen LogP contribution in [0.1, 0.15) is 33.6 Å². The summed E-state index contributed by atoms with van der Waals surface area (Å²) in [6.07, 6.45) is 2.30. The van der Waals surface area contributed by atoms with E-state index in [0.717, 1.165) is 26.1 Å². The van der Waals surface area contributed by atoms with E-state index in [-0.39, 0.29) is 11.9 Å². The van der Waals surface area contributed by atoms with E-state index in [4.69, 9.17) is 5.73 Å². The van der Waals surface area contributed by atoms with Crippen LogP contribution in [0, 0.1) is 5.92 Å². The fourth-order valence-corrected chi connectivity index (χ4v) is 2.65. The Hall–Kier alpha value is -0.610. The first-order valence-corrected chi connectivity index (χ1v) is 6.85. The number of nitrogens with two attached hydrogens (primary N) is 1. The molecule has 1 aliphatic rings. The molecule has 0 aromatic carbocycles. The molecule has 0 aromatic heterocycles. The summed E-state index contributed by atoms with van der Waals surface area (Å²) in [7, 11) is 0. The summed E-state index contributed by atoms with van der Waals surface area (Å²) in [6.45, 7) is 10.3. The largest absolute Gasteiger partial charge is 0.337 e. The van der Waals surface area contributed by atoms with Crippen LogP contribution in [0.25, 0.3) is 0 Å². The van der Waals surface area contributed by atoms with Crippen molar-refractivity contribution >= 4 is 5.91 Å². The van der Waals surface area contributed by atoms with E-state index in [0.29, 0.717) is 19.0 Å². The molecule has 17 heavy (non-hydrogen) atoms. The molecule has 100 valence electrons. The first-order valence-electron chi connectivity index (χ1n) is 6.85. The number of likely N-dealkylation sites (tertiary alicyclic amines) is 1. The lowest BCUT2D eigenvalue weighted by atomic mass is 9.90. The van der Waals surface area contributed by atoms with Gasteiger partial charge in [-0.1, -0.05) is 20.8 Å². The predicted molar refractivity (Wildman–Crippen MR) is 70.7 cm³/mol. The molecule has 1 fully saturated rings. The molecule has 0 aromatic rings. The molecule has 1 rings (SSSR count). The second-order valence-electron chi connectivity index (χ2n) is 4.97. The SMILES string of the molecule is CCN(CC)CC(=O)N1CCCC(C)C1CN. The van der Waals surface area contributed by atoms with Gasteiger partial charge in [-0.15, -0.1) is 0 Å². The molecule has 4 heteroatoms. The monoisotopic (exact) mass is 241 g/mol. The quantitative estimate of drug-likeness (QED) is 0.778. The highest BCUT2D eigenvalue weighted by Gasteiger charge is 2.30. The zero-order valence-corrected chi connectivity index (χ0v) is 11.5. The van der Waals surface area contributed by atoms with Crippen molar-refractivity contribution < 1.29 is 4.79 Å². The first kappa shape index (κ1) is 14.5. The van der Waals surface area contributed by atoms with E-state index in [1.54, 1.807) is 0 Å². The van der Waals surface area contributed by atoms with Crippen LogP contribution in [0.15, 0.2) is 0 Å². The van der Waals surface area contributed by atoms with Gasteiger partial charge in [-0.2, -0.15) is 0 Å². The summed E-state index contributed by atoms with van der Waals surface area (Å²) in [5, 5.41) is 0. The smallest absolute Gasteiger partial charge is 0.237 e. The van der Waals surface area contributed by atoms with Crippen LogP contribution in [-0.2, 0) is 4.79 Å². The molecule has 2 N–H and O–H groups in total. The lowest BCUT2D eigenvalue weighted by molar-refractivity contribution is -0.137. The first-order chi connectivity index (χ1) is 8.13. The fraction of sp³-hybridized carbons (Fsp3) is 0.923. The molecule has 0 bridgehead atoms. The Morgan fingerprint density at radius 2 is 2.06 bits per heavy atom. The molecule has 0 radical (unpaired) electrons. The third kappa shape index (κ3) is 3.68. The van der Waals surface area contributed by atoms with Gasteiger partial charge in [0, 0.05) is 19.1 Å². The van der Waals surface area contributed by atoms with Crippen LogP contribution in [0.4, 0.5) is 0 Å². The molecular formula is C13H27N3O. The summed E-state index contributed by atoms with van der Waals surface area (Å²) in [5.41, 5.74) is 5.81. The van der Waals surface area contributed by atoms with E-state index in [1.165, 1.54) is 6.42 Å². The number of carbonyl (C=O) groups is 1. The van der Waals surface area contributed by atoms with Gasteiger partial charge in [0.05, 0.1) is 6.54 Å². The molecule has 0 saturated carbocycles. The zero-order valence-electron chi connectivity index (χ0n) is 11.5. The molecule has 2 unspecified atom stereocenters. The van der Waals surface area contributed by atoms with Gasteiger partial charge in [-0.25, -0.2) is 0 Å². The molecule has 4 nitrogen and oxygen atoms in total. The van der Waals surface area contributed by atoms with Crippen molar-refractivity contribution in [1.29, 1.82) is 0 Å². The third-order valence-electron chi connectivity index (χ3n) is 3.93. The average Bonchev–Trinajstić information content (AvgIpc) is 2.35. The summed E-state index contributed by atoms with van der Waals surface area (Å²) in [6, 6.07) is 0.242. The topological polar surface area (TPSA) is 49.6 Å². The number of rotatable bonds is 5. The molecule has 0 aliphatic carbocycles. The van der Waals surface area contributed by atoms with Gasteiger partial charge >= 0.3 is 0 Å². The van der Waals surface area contributed by atoms with Crippen LogP contribution in [0.5, 0.6) is 0 Å². The van der Waals surface area contributed by atoms with Gasteiger partial charge in [0.2, 0.25) is 5.91 Å². The van der Waals surface area contributed by atoms with Crippen molar-refractivity contribution in [2.24, 2.45) is 11.7 Å². The number of carbonyl (C=O) groups excluding carboxylic acids is 1. The van der Waals surface area contributed by atoms with Gasteiger partial charge < -0.3 is 10.6 Å². The number of piperidine rings is 1. The van der Waals surface area contributed by atoms with E-state index in [9.17, 15) is 4.79 Å². The van der Waals surface area contributed by atoms with Crippen LogP contribution in [-0.4, -0.2) is 54.5 Å². The van der Waals surface area contributed by atoms with Crippen molar-refractivity contribution in [3.63, 3.8) is 0 Å². The Kier molecular flexibility index (Phi) is 5.92. The lowest BCUT2D eigenvalue weighted by Crippen LogP contribution is -2.53. The Morgan fingerprint density at radius 3 is 2.59 bits per heavy atom. The Morgan fingerprint density at radius 1 is 1.41 bits per heavy atom. The van der Waals surface area contributed by atoms with Crippen molar-refractivity contribution in [3.8, 4) is 0 Å². The highest BCUT2D eigenvalue weighted by atomic mass is 16.2. The Bertz CT molecular complexity index is 241. The minimum Gasteiger partial charge on any atom is -0.337 e. The van der Waals surface area contributed by atoms with Crippen LogP contribution in [0.3, 0.4) is 0 Å². The number of likely N-dealkylation sites (N-methyl/N-ethyl adjacent to an activating group) is 1. The molecule has 1 heterocycles. The second-order valence-corrected chi connectivity index (χ2v) is 4.97. The van der Waals surface area contributed by atoms with Crippen molar-refractivity contribution in [2.75, 3.05) is 32.7 Å². The lowest BCUT2D eigenvalue weighted by Gasteiger charge is -2.40. The third-order valence-corrected chi connectivity index (χ3v) is 3.93. The maximum atomic E-state index is 12.3. The molecule has 1 amide bonds. The standard InChI is InChI=1S/C13H27N3O/c1-4-15(5-2)10-13(17)16-8-6-7-11(3)12(16)9-14/h11-12H,4-10,14H2,1-3H3. The number of hydrogen-bond acceptors (Lipinski definition) is 3. The van der Waals surface area contributed by atoms with Gasteiger partial charge in [-0.3, -0.25) is 9.69 Å². The van der Waals surface area contributed by atoms with Gasteiger partial charge in [0.25, 0.3) is 0 Å². The van der Waals surface area contributed by atoms with E-state index < -0.39 is 0 Å². The van der Waals surface area contributed by atoms with E-state index in [2.05, 4.69) is 25.7 Å². The maximum absolute atomic E-state index is 12.3. The summed E-state index contributed by atoms with van der Waals surface area (Å²) in [4.78, 5) is 16.4. The summed E-state index contributed by atoms with van der Waals surface area (Å²) < 4.78 is 0. The second kappa shape index (κ2) is 6.97. The molecular weight excluding hydrogens is 214 g/mol. The normalized spacial score (nSPS) is 25.4. The van der Waals surface area contributed by atoms with Gasteiger partial charge in [0.1, 0.15) is 0 Å². The summed E-state index contributed by atoms with van der Waals surface area (Å²) in [5.74, 6) is 0.783.